The number of piperazine rings is 1. The summed E-state index contributed by atoms with van der Waals surface area (Å²) in [6, 6.07) is 12.7. The number of aryl methyl sites for hydroxylation is 1. The first kappa shape index (κ1) is 17.0. The smallest absolute Gasteiger partial charge is 0.236 e. The van der Waals surface area contributed by atoms with Crippen LogP contribution in [-0.4, -0.2) is 55.5 Å². The van der Waals surface area contributed by atoms with Gasteiger partial charge in [0.15, 0.2) is 0 Å². The summed E-state index contributed by atoms with van der Waals surface area (Å²) >= 11 is 1.70. The van der Waals surface area contributed by atoms with E-state index in [1.54, 1.807) is 11.3 Å². The number of hydrogen-bond donors (Lipinski definition) is 0. The molecule has 0 saturated carbocycles. The summed E-state index contributed by atoms with van der Waals surface area (Å²) in [4.78, 5) is 20.1. The third-order valence-electron chi connectivity index (χ3n) is 4.50. The minimum Gasteiger partial charge on any atom is -0.369 e. The predicted octanol–water partition coefficient (Wildman–Crippen LogP) is 2.84. The van der Waals surface area contributed by atoms with Crippen molar-refractivity contribution in [1.82, 2.24) is 9.80 Å². The zero-order valence-electron chi connectivity index (χ0n) is 14.4. The van der Waals surface area contributed by atoms with E-state index in [1.807, 2.05) is 18.0 Å². The van der Waals surface area contributed by atoms with E-state index < -0.39 is 0 Å². The van der Waals surface area contributed by atoms with Crippen LogP contribution >= 0.6 is 11.3 Å². The number of anilines is 1. The van der Waals surface area contributed by atoms with Gasteiger partial charge in [-0.3, -0.25) is 9.69 Å². The highest BCUT2D eigenvalue weighted by Crippen LogP contribution is 2.18. The van der Waals surface area contributed by atoms with Crippen LogP contribution < -0.4 is 4.90 Å². The van der Waals surface area contributed by atoms with Crippen LogP contribution in [0.1, 0.15) is 10.4 Å². The summed E-state index contributed by atoms with van der Waals surface area (Å²) in [5.74, 6) is 0.201. The van der Waals surface area contributed by atoms with Crippen LogP contribution in [0.4, 0.5) is 5.69 Å². The Morgan fingerprint density at radius 3 is 2.62 bits per heavy atom. The van der Waals surface area contributed by atoms with E-state index in [2.05, 4.69) is 52.4 Å². The van der Waals surface area contributed by atoms with Crippen molar-refractivity contribution >= 4 is 22.9 Å². The molecule has 4 nitrogen and oxygen atoms in total. The number of benzene rings is 1. The molecular weight excluding hydrogens is 318 g/mol. The molecule has 1 aliphatic heterocycles. The van der Waals surface area contributed by atoms with Crippen molar-refractivity contribution in [3.63, 3.8) is 0 Å². The molecule has 3 rings (SSSR count). The van der Waals surface area contributed by atoms with Gasteiger partial charge in [-0.25, -0.2) is 0 Å². The van der Waals surface area contributed by atoms with Crippen molar-refractivity contribution in [1.29, 1.82) is 0 Å². The molecule has 5 heteroatoms. The second kappa shape index (κ2) is 7.81. The molecular formula is C19H25N3OS. The average Bonchev–Trinajstić information content (AvgIpc) is 3.08. The van der Waals surface area contributed by atoms with Crippen LogP contribution in [0.25, 0.3) is 0 Å². The molecule has 1 aromatic heterocycles. The highest BCUT2D eigenvalue weighted by molar-refractivity contribution is 7.09. The number of nitrogens with zero attached hydrogens (tertiary/aromatic N) is 3. The van der Waals surface area contributed by atoms with Crippen molar-refractivity contribution < 1.29 is 4.79 Å². The monoisotopic (exact) mass is 343 g/mol. The van der Waals surface area contributed by atoms with E-state index in [1.165, 1.54) is 16.1 Å². The third kappa shape index (κ3) is 4.36. The molecule has 24 heavy (non-hydrogen) atoms. The molecule has 0 atom stereocenters. The highest BCUT2D eigenvalue weighted by atomic mass is 32.1. The second-order valence-electron chi connectivity index (χ2n) is 6.43. The molecule has 1 fully saturated rings. The third-order valence-corrected chi connectivity index (χ3v) is 5.36. The number of thiophene rings is 1. The summed E-state index contributed by atoms with van der Waals surface area (Å²) in [6.45, 7) is 7.18. The molecule has 0 spiro atoms. The molecule has 0 unspecified atom stereocenters. The first-order valence-electron chi connectivity index (χ1n) is 8.42. The summed E-state index contributed by atoms with van der Waals surface area (Å²) in [7, 11) is 1.89. The van der Waals surface area contributed by atoms with E-state index in [9.17, 15) is 4.79 Å². The van der Waals surface area contributed by atoms with Gasteiger partial charge in [0.1, 0.15) is 0 Å². The topological polar surface area (TPSA) is 26.8 Å². The Balaban J connectivity index is 1.47. The fourth-order valence-corrected chi connectivity index (χ4v) is 3.78. The molecule has 1 aromatic carbocycles. The van der Waals surface area contributed by atoms with Crippen molar-refractivity contribution in [2.75, 3.05) is 44.7 Å². The van der Waals surface area contributed by atoms with Crippen molar-refractivity contribution in [3.05, 3.63) is 52.2 Å². The molecule has 2 heterocycles. The van der Waals surface area contributed by atoms with Gasteiger partial charge in [-0.15, -0.1) is 11.3 Å². The molecule has 0 aliphatic carbocycles. The molecule has 1 saturated heterocycles. The van der Waals surface area contributed by atoms with E-state index in [0.29, 0.717) is 13.1 Å². The second-order valence-corrected chi connectivity index (χ2v) is 7.46. The SMILES string of the molecule is Cc1cccc(N2CCN(CC(=O)N(C)Cc3cccs3)CC2)c1. The molecule has 128 valence electrons. The van der Waals surface area contributed by atoms with Crippen LogP contribution in [-0.2, 0) is 11.3 Å². The van der Waals surface area contributed by atoms with Gasteiger partial charge in [0.25, 0.3) is 0 Å². The Morgan fingerprint density at radius 1 is 1.17 bits per heavy atom. The summed E-state index contributed by atoms with van der Waals surface area (Å²) in [5.41, 5.74) is 2.58. The van der Waals surface area contributed by atoms with Crippen molar-refractivity contribution in [2.24, 2.45) is 0 Å². The molecule has 2 aromatic rings. The summed E-state index contributed by atoms with van der Waals surface area (Å²) in [6.07, 6.45) is 0. The Hall–Kier alpha value is -1.85. The standard InChI is InChI=1S/C19H25N3OS/c1-16-5-3-6-17(13-16)22-10-8-21(9-11-22)15-19(23)20(2)14-18-7-4-12-24-18/h3-7,12-13H,8-11,14-15H2,1-2H3. The minimum atomic E-state index is 0.201. The lowest BCUT2D eigenvalue weighted by Crippen LogP contribution is -2.49. The molecule has 0 N–H and O–H groups in total. The number of carbonyl (C=O) groups excluding carboxylic acids is 1. The highest BCUT2D eigenvalue weighted by Gasteiger charge is 2.20. The Morgan fingerprint density at radius 2 is 1.96 bits per heavy atom. The number of likely N-dealkylation sites (N-methyl/N-ethyl adjacent to an activating group) is 1. The van der Waals surface area contributed by atoms with Gasteiger partial charge < -0.3 is 9.80 Å². The number of rotatable bonds is 5. The van der Waals surface area contributed by atoms with Gasteiger partial charge in [-0.05, 0) is 36.1 Å². The summed E-state index contributed by atoms with van der Waals surface area (Å²) < 4.78 is 0. The van der Waals surface area contributed by atoms with Gasteiger partial charge in [-0.2, -0.15) is 0 Å². The van der Waals surface area contributed by atoms with Crippen LogP contribution in [0.15, 0.2) is 41.8 Å². The zero-order valence-corrected chi connectivity index (χ0v) is 15.3. The van der Waals surface area contributed by atoms with Gasteiger partial charge in [0.05, 0.1) is 13.1 Å². The van der Waals surface area contributed by atoms with Crippen LogP contribution in [0.2, 0.25) is 0 Å². The van der Waals surface area contributed by atoms with E-state index in [-0.39, 0.29) is 5.91 Å². The maximum Gasteiger partial charge on any atom is 0.236 e. The Labute approximate surface area is 148 Å². The van der Waals surface area contributed by atoms with Crippen LogP contribution in [0, 0.1) is 6.92 Å². The lowest BCUT2D eigenvalue weighted by Gasteiger charge is -2.36. The molecule has 1 amide bonds. The summed E-state index contributed by atoms with van der Waals surface area (Å²) in [5, 5.41) is 2.05. The maximum absolute atomic E-state index is 12.4. The fourth-order valence-electron chi connectivity index (χ4n) is 3.03. The normalized spacial score (nSPS) is 15.5. The van der Waals surface area contributed by atoms with Gasteiger partial charge in [0, 0.05) is 43.8 Å². The minimum absolute atomic E-state index is 0.201. The number of hydrogen-bond acceptors (Lipinski definition) is 4. The molecule has 0 radical (unpaired) electrons. The molecule has 1 aliphatic rings. The van der Waals surface area contributed by atoms with Crippen LogP contribution in [0.3, 0.4) is 0 Å². The fraction of sp³-hybridized carbons (Fsp3) is 0.421. The first-order chi connectivity index (χ1) is 11.6. The maximum atomic E-state index is 12.4. The first-order valence-corrected chi connectivity index (χ1v) is 9.30. The van der Waals surface area contributed by atoms with Gasteiger partial charge in [-0.1, -0.05) is 18.2 Å². The lowest BCUT2D eigenvalue weighted by molar-refractivity contribution is -0.131. The molecule has 0 bridgehead atoms. The average molecular weight is 343 g/mol. The van der Waals surface area contributed by atoms with Gasteiger partial charge >= 0.3 is 0 Å². The number of amides is 1. The van der Waals surface area contributed by atoms with E-state index in [4.69, 9.17) is 0 Å². The van der Waals surface area contributed by atoms with Crippen LogP contribution in [0.5, 0.6) is 0 Å². The van der Waals surface area contributed by atoms with Crippen molar-refractivity contribution in [3.8, 4) is 0 Å². The largest absolute Gasteiger partial charge is 0.369 e. The van der Waals surface area contributed by atoms with Crippen molar-refractivity contribution in [2.45, 2.75) is 13.5 Å². The lowest BCUT2D eigenvalue weighted by atomic mass is 10.2. The van der Waals surface area contributed by atoms with E-state index in [0.717, 1.165) is 26.2 Å². The Bertz CT molecular complexity index is 663. The quantitative estimate of drug-likeness (QED) is 0.835. The zero-order chi connectivity index (χ0) is 16.9. The van der Waals surface area contributed by atoms with Gasteiger partial charge in [0.2, 0.25) is 5.91 Å². The Kier molecular flexibility index (Phi) is 5.53. The predicted molar refractivity (Wildman–Crippen MR) is 101 cm³/mol. The number of carbonyl (C=O) groups is 1. The van der Waals surface area contributed by atoms with E-state index >= 15 is 0 Å².